The largest absolute Gasteiger partial charge is 0.356 e. The summed E-state index contributed by atoms with van der Waals surface area (Å²) >= 11 is 0. The van der Waals surface area contributed by atoms with Crippen LogP contribution in [0.4, 0.5) is 5.69 Å². The molecule has 4 aromatic rings. The molecule has 4 rings (SSSR count). The maximum atomic E-state index is 12.7. The lowest BCUT2D eigenvalue weighted by Crippen LogP contribution is -2.30. The smallest absolute Gasteiger partial charge is 0.275 e. The molecular weight excluding hydrogens is 408 g/mol. The van der Waals surface area contributed by atoms with Gasteiger partial charge < -0.3 is 15.2 Å². The first-order chi connectivity index (χ1) is 15.3. The number of imidazole rings is 1. The molecule has 2 N–H and O–H groups in total. The van der Waals surface area contributed by atoms with Crippen molar-refractivity contribution in [1.82, 2.24) is 24.6 Å². The fourth-order valence-electron chi connectivity index (χ4n) is 3.74. The van der Waals surface area contributed by atoms with E-state index in [4.69, 9.17) is 0 Å². The van der Waals surface area contributed by atoms with Gasteiger partial charge in [-0.3, -0.25) is 14.4 Å². The van der Waals surface area contributed by atoms with Crippen LogP contribution in [0.3, 0.4) is 0 Å². The molecule has 0 aliphatic heterocycles. The van der Waals surface area contributed by atoms with E-state index in [1.54, 1.807) is 18.2 Å². The van der Waals surface area contributed by atoms with Gasteiger partial charge >= 0.3 is 0 Å². The van der Waals surface area contributed by atoms with Crippen LogP contribution in [0.2, 0.25) is 0 Å². The molecule has 0 spiro atoms. The first kappa shape index (κ1) is 21.2. The van der Waals surface area contributed by atoms with Gasteiger partial charge in [-0.25, -0.2) is 9.67 Å². The zero-order valence-electron chi connectivity index (χ0n) is 18.2. The van der Waals surface area contributed by atoms with Crippen molar-refractivity contribution in [2.45, 2.75) is 26.8 Å². The van der Waals surface area contributed by atoms with E-state index >= 15 is 0 Å². The van der Waals surface area contributed by atoms with Crippen molar-refractivity contribution in [3.05, 3.63) is 64.3 Å². The number of fused-ring (bicyclic) bond motifs is 2. The standard InChI is InChI=1S/C23H24N6O3/c1-14-17-6-4-5-7-18(17)23(32)29(27-14)13-22(31)25-16-8-9-19-20(12-16)28(3)21(26-19)10-11-24-15(2)30/h4-9,12H,10-11,13H2,1-3H3,(H,24,30)(H,25,31). The molecule has 0 saturated carbocycles. The van der Waals surface area contributed by atoms with Crippen LogP contribution in [0.15, 0.2) is 47.3 Å². The van der Waals surface area contributed by atoms with Crippen molar-refractivity contribution in [2.24, 2.45) is 7.05 Å². The molecule has 0 aliphatic carbocycles. The quantitative estimate of drug-likeness (QED) is 0.484. The Morgan fingerprint density at radius 1 is 1.09 bits per heavy atom. The van der Waals surface area contributed by atoms with Gasteiger partial charge in [0.05, 0.1) is 22.1 Å². The minimum Gasteiger partial charge on any atom is -0.356 e. The molecule has 0 aliphatic rings. The summed E-state index contributed by atoms with van der Waals surface area (Å²) in [6.45, 7) is 3.61. The highest BCUT2D eigenvalue weighted by molar-refractivity contribution is 5.93. The third kappa shape index (κ3) is 4.22. The highest BCUT2D eigenvalue weighted by Gasteiger charge is 2.13. The van der Waals surface area contributed by atoms with Gasteiger partial charge in [-0.1, -0.05) is 18.2 Å². The van der Waals surface area contributed by atoms with E-state index in [2.05, 4.69) is 20.7 Å². The molecule has 0 radical (unpaired) electrons. The lowest BCUT2D eigenvalue weighted by atomic mass is 10.1. The van der Waals surface area contributed by atoms with Crippen molar-refractivity contribution < 1.29 is 9.59 Å². The van der Waals surface area contributed by atoms with Crippen LogP contribution in [-0.4, -0.2) is 37.7 Å². The molecule has 0 atom stereocenters. The summed E-state index contributed by atoms with van der Waals surface area (Å²) in [5.74, 6) is 0.408. The second kappa shape index (κ2) is 8.62. The van der Waals surface area contributed by atoms with Gasteiger partial charge in [-0.15, -0.1) is 0 Å². The zero-order chi connectivity index (χ0) is 22.8. The Morgan fingerprint density at radius 3 is 2.59 bits per heavy atom. The maximum Gasteiger partial charge on any atom is 0.275 e. The molecule has 9 nitrogen and oxygen atoms in total. The number of carbonyl (C=O) groups excluding carboxylic acids is 2. The van der Waals surface area contributed by atoms with E-state index in [0.29, 0.717) is 29.7 Å². The van der Waals surface area contributed by atoms with Gasteiger partial charge in [0, 0.05) is 38.0 Å². The molecule has 32 heavy (non-hydrogen) atoms. The van der Waals surface area contributed by atoms with E-state index < -0.39 is 0 Å². The summed E-state index contributed by atoms with van der Waals surface area (Å²) < 4.78 is 3.13. The molecule has 0 unspecified atom stereocenters. The van der Waals surface area contributed by atoms with Crippen molar-refractivity contribution in [3.8, 4) is 0 Å². The van der Waals surface area contributed by atoms with Crippen molar-refractivity contribution in [1.29, 1.82) is 0 Å². The molecule has 0 bridgehead atoms. The Bertz CT molecular complexity index is 1400. The highest BCUT2D eigenvalue weighted by Crippen LogP contribution is 2.20. The lowest BCUT2D eigenvalue weighted by molar-refractivity contribution is -0.119. The van der Waals surface area contributed by atoms with Crippen LogP contribution in [-0.2, 0) is 29.6 Å². The Kier molecular flexibility index (Phi) is 5.72. The second-order valence-corrected chi connectivity index (χ2v) is 7.67. The zero-order valence-corrected chi connectivity index (χ0v) is 18.2. The SMILES string of the molecule is CC(=O)NCCc1nc2ccc(NC(=O)Cn3nc(C)c4ccccc4c3=O)cc2n1C. The predicted molar refractivity (Wildman–Crippen MR) is 122 cm³/mol. The maximum absolute atomic E-state index is 12.7. The van der Waals surface area contributed by atoms with Crippen LogP contribution < -0.4 is 16.2 Å². The number of carbonyl (C=O) groups is 2. The van der Waals surface area contributed by atoms with Crippen LogP contribution >= 0.6 is 0 Å². The van der Waals surface area contributed by atoms with Crippen molar-refractivity contribution >= 4 is 39.3 Å². The molecule has 2 heterocycles. The number of nitrogens with one attached hydrogen (secondary N) is 2. The van der Waals surface area contributed by atoms with E-state index in [9.17, 15) is 14.4 Å². The Labute approximate surface area is 184 Å². The number of rotatable bonds is 6. The Morgan fingerprint density at radius 2 is 1.84 bits per heavy atom. The molecule has 0 fully saturated rings. The van der Waals surface area contributed by atoms with Gasteiger partial charge in [0.2, 0.25) is 11.8 Å². The van der Waals surface area contributed by atoms with Gasteiger partial charge in [0.1, 0.15) is 12.4 Å². The third-order valence-corrected chi connectivity index (χ3v) is 5.33. The van der Waals surface area contributed by atoms with Crippen LogP contribution in [0, 0.1) is 6.92 Å². The monoisotopic (exact) mass is 432 g/mol. The first-order valence-corrected chi connectivity index (χ1v) is 10.3. The number of aromatic nitrogens is 4. The number of nitrogens with zero attached hydrogens (tertiary/aromatic N) is 4. The Balaban J connectivity index is 1.52. The molecule has 2 amide bonds. The second-order valence-electron chi connectivity index (χ2n) is 7.67. The van der Waals surface area contributed by atoms with Crippen molar-refractivity contribution in [3.63, 3.8) is 0 Å². The van der Waals surface area contributed by atoms with Gasteiger partial charge in [-0.2, -0.15) is 5.10 Å². The topological polar surface area (TPSA) is 111 Å². The highest BCUT2D eigenvalue weighted by atomic mass is 16.2. The summed E-state index contributed by atoms with van der Waals surface area (Å²) in [5.41, 5.74) is 2.65. The van der Waals surface area contributed by atoms with Gasteiger partial charge in [0.15, 0.2) is 0 Å². The summed E-state index contributed by atoms with van der Waals surface area (Å²) in [6.07, 6.45) is 0.600. The fraction of sp³-hybridized carbons (Fsp3) is 0.261. The van der Waals surface area contributed by atoms with Gasteiger partial charge in [-0.05, 0) is 31.2 Å². The number of hydrogen-bond acceptors (Lipinski definition) is 5. The predicted octanol–water partition coefficient (Wildman–Crippen LogP) is 1.91. The average Bonchev–Trinajstić information content (AvgIpc) is 3.07. The number of benzene rings is 2. The number of hydrogen-bond donors (Lipinski definition) is 2. The summed E-state index contributed by atoms with van der Waals surface area (Å²) in [7, 11) is 1.89. The fourth-order valence-corrected chi connectivity index (χ4v) is 3.74. The molecule has 164 valence electrons. The van der Waals surface area contributed by atoms with Gasteiger partial charge in [0.25, 0.3) is 5.56 Å². The first-order valence-electron chi connectivity index (χ1n) is 10.3. The normalized spacial score (nSPS) is 11.1. The molecule has 2 aromatic heterocycles. The minimum absolute atomic E-state index is 0.0797. The number of aryl methyl sites for hydroxylation is 2. The van der Waals surface area contributed by atoms with Crippen LogP contribution in [0.1, 0.15) is 18.4 Å². The van der Waals surface area contributed by atoms with Crippen molar-refractivity contribution in [2.75, 3.05) is 11.9 Å². The molecule has 0 saturated heterocycles. The van der Waals surface area contributed by atoms with E-state index in [0.717, 1.165) is 22.2 Å². The molecule has 2 aromatic carbocycles. The number of anilines is 1. The summed E-state index contributed by atoms with van der Waals surface area (Å²) in [5, 5.41) is 11.2. The van der Waals surface area contributed by atoms with Crippen LogP contribution in [0.5, 0.6) is 0 Å². The summed E-state index contributed by atoms with van der Waals surface area (Å²) in [6, 6.07) is 12.7. The molecule has 9 heteroatoms. The average molecular weight is 432 g/mol. The van der Waals surface area contributed by atoms with Crippen LogP contribution in [0.25, 0.3) is 21.8 Å². The van der Waals surface area contributed by atoms with E-state index in [1.165, 1.54) is 11.6 Å². The molecular formula is C23H24N6O3. The van der Waals surface area contributed by atoms with E-state index in [-0.39, 0.29) is 23.9 Å². The number of amides is 2. The Hall–Kier alpha value is -4.01. The third-order valence-electron chi connectivity index (χ3n) is 5.33. The summed E-state index contributed by atoms with van der Waals surface area (Å²) in [4.78, 5) is 41.0. The minimum atomic E-state index is -0.346. The van der Waals surface area contributed by atoms with E-state index in [1.807, 2.05) is 42.8 Å². The lowest BCUT2D eigenvalue weighted by Gasteiger charge is -2.10.